The van der Waals surface area contributed by atoms with Crippen molar-refractivity contribution in [3.63, 3.8) is 0 Å². The molecule has 4 rings (SSSR count). The molecule has 3 atom stereocenters. The molecule has 3 aliphatic rings. The standard InChI is InChI=1S/C16H16FN7O/c1-9-13(17)15(25)22-16(21-9)24-7-10-5-23(6-11(10)8-24)14-12(4-18)19-2-3-20-14/h2-3,10-11,13H,5-8H2,1H3. The number of carbonyl (C=O) groups excluding carboxylic acids is 1. The molecule has 3 unspecified atom stereocenters. The van der Waals surface area contributed by atoms with E-state index in [1.165, 1.54) is 13.1 Å². The average molecular weight is 341 g/mol. The molecule has 2 fully saturated rings. The van der Waals surface area contributed by atoms with Crippen LogP contribution < -0.4 is 4.90 Å². The number of aliphatic imine (C=N–C) groups is 2. The summed E-state index contributed by atoms with van der Waals surface area (Å²) < 4.78 is 13.5. The zero-order chi connectivity index (χ0) is 17.6. The van der Waals surface area contributed by atoms with Crippen LogP contribution in [-0.2, 0) is 4.79 Å². The lowest BCUT2D eigenvalue weighted by Crippen LogP contribution is -2.38. The Morgan fingerprint density at radius 1 is 1.12 bits per heavy atom. The Morgan fingerprint density at radius 2 is 1.76 bits per heavy atom. The molecular weight excluding hydrogens is 325 g/mol. The first-order valence-corrected chi connectivity index (χ1v) is 8.09. The normalized spacial score (nSPS) is 28.5. The minimum atomic E-state index is -1.72. The predicted molar refractivity (Wildman–Crippen MR) is 88.0 cm³/mol. The molecule has 0 aromatic carbocycles. The van der Waals surface area contributed by atoms with E-state index in [9.17, 15) is 14.4 Å². The summed E-state index contributed by atoms with van der Waals surface area (Å²) >= 11 is 0. The third kappa shape index (κ3) is 2.63. The molecule has 25 heavy (non-hydrogen) atoms. The first-order chi connectivity index (χ1) is 12.1. The van der Waals surface area contributed by atoms with E-state index in [1.54, 1.807) is 6.20 Å². The third-order valence-electron chi connectivity index (χ3n) is 4.92. The number of alkyl halides is 1. The average Bonchev–Trinajstić information content (AvgIpc) is 3.18. The summed E-state index contributed by atoms with van der Waals surface area (Å²) in [5.74, 6) is 0.856. The lowest BCUT2D eigenvalue weighted by Gasteiger charge is -2.24. The van der Waals surface area contributed by atoms with Crippen LogP contribution in [0.5, 0.6) is 0 Å². The number of carbonyl (C=O) groups is 1. The van der Waals surface area contributed by atoms with Gasteiger partial charge in [0.2, 0.25) is 12.1 Å². The molecular formula is C16H16FN7O. The van der Waals surface area contributed by atoms with Crippen molar-refractivity contribution in [3.05, 3.63) is 18.1 Å². The number of aromatic nitrogens is 2. The summed E-state index contributed by atoms with van der Waals surface area (Å²) in [6, 6.07) is 2.08. The number of halogens is 1. The molecule has 4 heterocycles. The minimum Gasteiger partial charge on any atom is -0.353 e. The quantitative estimate of drug-likeness (QED) is 0.734. The SMILES string of the molecule is CC1=NC(N2CC3CN(c4nccnc4C#N)CC3C2)=NC(=O)C1F. The van der Waals surface area contributed by atoms with E-state index in [0.29, 0.717) is 42.4 Å². The summed E-state index contributed by atoms with van der Waals surface area (Å²) in [4.78, 5) is 31.9. The van der Waals surface area contributed by atoms with Crippen molar-refractivity contribution in [1.82, 2.24) is 14.9 Å². The van der Waals surface area contributed by atoms with E-state index < -0.39 is 12.1 Å². The molecule has 0 N–H and O–H groups in total. The first kappa shape index (κ1) is 15.6. The van der Waals surface area contributed by atoms with Crippen molar-refractivity contribution >= 4 is 23.4 Å². The molecule has 1 aromatic heterocycles. The van der Waals surface area contributed by atoms with Crippen LogP contribution in [-0.4, -0.2) is 64.8 Å². The fourth-order valence-electron chi connectivity index (χ4n) is 3.69. The van der Waals surface area contributed by atoms with Crippen molar-refractivity contribution in [1.29, 1.82) is 5.26 Å². The molecule has 128 valence electrons. The topological polar surface area (TPSA) is 97.8 Å². The number of nitriles is 1. The second kappa shape index (κ2) is 5.88. The van der Waals surface area contributed by atoms with Crippen molar-refractivity contribution in [2.45, 2.75) is 13.1 Å². The van der Waals surface area contributed by atoms with Crippen LogP contribution >= 0.6 is 0 Å². The number of anilines is 1. The third-order valence-corrected chi connectivity index (χ3v) is 4.92. The van der Waals surface area contributed by atoms with Crippen molar-refractivity contribution in [3.8, 4) is 6.07 Å². The molecule has 2 saturated heterocycles. The van der Waals surface area contributed by atoms with E-state index in [1.807, 2.05) is 4.90 Å². The van der Waals surface area contributed by atoms with Gasteiger partial charge in [0.05, 0.1) is 5.71 Å². The van der Waals surface area contributed by atoms with Crippen LogP contribution in [0, 0.1) is 23.2 Å². The highest BCUT2D eigenvalue weighted by atomic mass is 19.1. The zero-order valence-corrected chi connectivity index (χ0v) is 13.6. The van der Waals surface area contributed by atoms with Crippen LogP contribution in [0.15, 0.2) is 22.4 Å². The van der Waals surface area contributed by atoms with Gasteiger partial charge in [-0.15, -0.1) is 0 Å². The van der Waals surface area contributed by atoms with Crippen LogP contribution in [0.2, 0.25) is 0 Å². The number of hydrogen-bond acceptors (Lipinski definition) is 7. The van der Waals surface area contributed by atoms with Gasteiger partial charge in [-0.05, 0) is 6.92 Å². The van der Waals surface area contributed by atoms with Gasteiger partial charge in [-0.1, -0.05) is 0 Å². The summed E-state index contributed by atoms with van der Waals surface area (Å²) in [6.07, 6.45) is 1.38. The number of likely N-dealkylation sites (tertiary alicyclic amines) is 1. The van der Waals surface area contributed by atoms with E-state index >= 15 is 0 Å². The smallest absolute Gasteiger partial charge is 0.289 e. The van der Waals surface area contributed by atoms with Gasteiger partial charge in [-0.25, -0.2) is 19.4 Å². The van der Waals surface area contributed by atoms with E-state index in [0.717, 1.165) is 13.1 Å². The number of fused-ring (bicyclic) bond motifs is 1. The summed E-state index contributed by atoms with van der Waals surface area (Å²) in [6.45, 7) is 4.41. The molecule has 3 aliphatic heterocycles. The highest BCUT2D eigenvalue weighted by molar-refractivity contribution is 6.16. The Bertz CT molecular complexity index is 816. The summed E-state index contributed by atoms with van der Waals surface area (Å²) in [5.41, 5.74) is 0.489. The lowest BCUT2D eigenvalue weighted by atomic mass is 10.0. The van der Waals surface area contributed by atoms with Crippen LogP contribution in [0.3, 0.4) is 0 Å². The maximum Gasteiger partial charge on any atom is 0.289 e. The van der Waals surface area contributed by atoms with Crippen LogP contribution in [0.1, 0.15) is 12.6 Å². The first-order valence-electron chi connectivity index (χ1n) is 8.09. The van der Waals surface area contributed by atoms with Gasteiger partial charge in [0.25, 0.3) is 5.91 Å². The highest BCUT2D eigenvalue weighted by Gasteiger charge is 2.43. The lowest BCUT2D eigenvalue weighted by molar-refractivity contribution is -0.120. The monoisotopic (exact) mass is 341 g/mol. The van der Waals surface area contributed by atoms with E-state index in [2.05, 4.69) is 30.9 Å². The Labute approximate surface area is 143 Å². The van der Waals surface area contributed by atoms with Crippen LogP contribution in [0.4, 0.5) is 10.2 Å². The molecule has 0 bridgehead atoms. The maximum absolute atomic E-state index is 13.5. The van der Waals surface area contributed by atoms with Crippen LogP contribution in [0.25, 0.3) is 0 Å². The van der Waals surface area contributed by atoms with Gasteiger partial charge in [0.1, 0.15) is 6.07 Å². The maximum atomic E-state index is 13.5. The van der Waals surface area contributed by atoms with Gasteiger partial charge >= 0.3 is 0 Å². The molecule has 0 saturated carbocycles. The largest absolute Gasteiger partial charge is 0.353 e. The summed E-state index contributed by atoms with van der Waals surface area (Å²) in [5, 5.41) is 9.18. The second-order valence-electron chi connectivity index (χ2n) is 6.54. The molecule has 1 aromatic rings. The highest BCUT2D eigenvalue weighted by Crippen LogP contribution is 2.34. The van der Waals surface area contributed by atoms with Gasteiger partial charge in [0.15, 0.2) is 11.5 Å². The van der Waals surface area contributed by atoms with Gasteiger partial charge < -0.3 is 9.80 Å². The molecule has 1 amide bonds. The number of nitrogens with zero attached hydrogens (tertiary/aromatic N) is 7. The van der Waals surface area contributed by atoms with E-state index in [-0.39, 0.29) is 5.71 Å². The fourth-order valence-corrected chi connectivity index (χ4v) is 3.69. The second-order valence-corrected chi connectivity index (χ2v) is 6.54. The van der Waals surface area contributed by atoms with Crippen molar-refractivity contribution in [2.24, 2.45) is 21.8 Å². The van der Waals surface area contributed by atoms with Crippen molar-refractivity contribution < 1.29 is 9.18 Å². The van der Waals surface area contributed by atoms with Gasteiger partial charge in [-0.2, -0.15) is 10.3 Å². The van der Waals surface area contributed by atoms with Gasteiger partial charge in [0, 0.05) is 50.4 Å². The molecule has 0 radical (unpaired) electrons. The van der Waals surface area contributed by atoms with Crippen molar-refractivity contribution in [2.75, 3.05) is 31.1 Å². The number of amides is 1. The van der Waals surface area contributed by atoms with E-state index in [4.69, 9.17) is 0 Å². The number of guanidine groups is 1. The Balaban J connectivity index is 1.48. The Kier molecular flexibility index (Phi) is 3.67. The molecule has 8 nitrogen and oxygen atoms in total. The molecule has 9 heteroatoms. The number of rotatable bonds is 1. The summed E-state index contributed by atoms with van der Waals surface area (Å²) in [7, 11) is 0. The number of hydrogen-bond donors (Lipinski definition) is 0. The minimum absolute atomic E-state index is 0.159. The molecule has 0 spiro atoms. The van der Waals surface area contributed by atoms with Gasteiger partial charge in [-0.3, -0.25) is 4.79 Å². The molecule has 0 aliphatic carbocycles. The Morgan fingerprint density at radius 3 is 2.40 bits per heavy atom. The fraction of sp³-hybridized carbons (Fsp3) is 0.500. The Hall–Kier alpha value is -2.89. The predicted octanol–water partition coefficient (Wildman–Crippen LogP) is 0.411. The zero-order valence-electron chi connectivity index (χ0n) is 13.6.